The van der Waals surface area contributed by atoms with Crippen LogP contribution >= 0.6 is 0 Å². The fourth-order valence-electron chi connectivity index (χ4n) is 4.55. The number of hydrogen-bond donors (Lipinski definition) is 1. The number of benzene rings is 2. The summed E-state index contributed by atoms with van der Waals surface area (Å²) in [7, 11) is 0. The van der Waals surface area contributed by atoms with E-state index >= 15 is 0 Å². The number of anilines is 3. The molecule has 30 heavy (non-hydrogen) atoms. The number of carbonyl (C=O) groups excluding carboxylic acids is 1. The number of amides is 1. The van der Waals surface area contributed by atoms with Gasteiger partial charge in [-0.15, -0.1) is 0 Å². The first-order valence-electron chi connectivity index (χ1n) is 11.0. The quantitative estimate of drug-likeness (QED) is 0.684. The lowest BCUT2D eigenvalue weighted by molar-refractivity contribution is -0.120. The van der Waals surface area contributed by atoms with Gasteiger partial charge in [-0.05, 0) is 56.4 Å². The maximum Gasteiger partial charge on any atom is 0.298 e. The highest BCUT2D eigenvalue weighted by molar-refractivity contribution is 5.96. The Kier molecular flexibility index (Phi) is 5.30. The minimum Gasteiger partial charge on any atom is -0.423 e. The number of nitrogens with one attached hydrogen (secondary N) is 1. The molecule has 3 heterocycles. The van der Waals surface area contributed by atoms with E-state index in [4.69, 9.17) is 4.42 Å². The summed E-state index contributed by atoms with van der Waals surface area (Å²) in [4.78, 5) is 22.1. The molecule has 0 bridgehead atoms. The molecule has 2 aromatic carbocycles. The smallest absolute Gasteiger partial charge is 0.298 e. The van der Waals surface area contributed by atoms with Gasteiger partial charge in [-0.3, -0.25) is 4.79 Å². The third-order valence-electron chi connectivity index (χ3n) is 6.28. The number of nitrogens with zero attached hydrogens (tertiary/aromatic N) is 3. The first kappa shape index (κ1) is 19.0. The van der Waals surface area contributed by atoms with Crippen LogP contribution in [-0.2, 0) is 4.79 Å². The first-order valence-corrected chi connectivity index (χ1v) is 11.0. The van der Waals surface area contributed by atoms with Crippen molar-refractivity contribution in [2.24, 2.45) is 5.92 Å². The van der Waals surface area contributed by atoms with E-state index in [9.17, 15) is 4.79 Å². The Morgan fingerprint density at radius 3 is 2.43 bits per heavy atom. The minimum absolute atomic E-state index is 0.0139. The fraction of sp³-hybridized carbons (Fsp3) is 0.417. The summed E-state index contributed by atoms with van der Waals surface area (Å²) in [6.45, 7) is 3.68. The van der Waals surface area contributed by atoms with E-state index in [1.54, 1.807) is 0 Å². The summed E-state index contributed by atoms with van der Waals surface area (Å²) < 4.78 is 5.89. The number of oxazole rings is 1. The maximum atomic E-state index is 13.0. The lowest BCUT2D eigenvalue weighted by Gasteiger charge is -2.32. The summed E-state index contributed by atoms with van der Waals surface area (Å²) >= 11 is 0. The fourth-order valence-corrected chi connectivity index (χ4v) is 4.55. The molecule has 0 spiro atoms. The van der Waals surface area contributed by atoms with Crippen LogP contribution in [-0.4, -0.2) is 37.1 Å². The van der Waals surface area contributed by atoms with Crippen LogP contribution in [0.1, 0.15) is 32.1 Å². The van der Waals surface area contributed by atoms with Crippen molar-refractivity contribution in [3.05, 3.63) is 48.5 Å². The number of hydrogen-bond acceptors (Lipinski definition) is 5. The number of rotatable bonds is 4. The molecule has 0 saturated carbocycles. The Morgan fingerprint density at radius 1 is 0.900 bits per heavy atom. The second kappa shape index (κ2) is 8.38. The van der Waals surface area contributed by atoms with E-state index in [1.807, 2.05) is 36.4 Å². The highest BCUT2D eigenvalue weighted by Crippen LogP contribution is 2.30. The van der Waals surface area contributed by atoms with E-state index in [-0.39, 0.29) is 11.8 Å². The molecule has 2 fully saturated rings. The standard InChI is InChI=1S/C24H28N4O2/c29-23(25-19-8-2-4-10-21(19)27-14-6-1-7-15-27)18-12-16-28(17-13-18)24-26-20-9-3-5-11-22(20)30-24/h2-5,8-11,18H,1,6-7,12-17H2,(H,25,29). The molecule has 0 aliphatic carbocycles. The molecule has 156 valence electrons. The highest BCUT2D eigenvalue weighted by atomic mass is 16.4. The van der Waals surface area contributed by atoms with Crippen molar-refractivity contribution in [2.75, 3.05) is 41.3 Å². The van der Waals surface area contributed by atoms with Crippen molar-refractivity contribution < 1.29 is 9.21 Å². The van der Waals surface area contributed by atoms with E-state index < -0.39 is 0 Å². The predicted octanol–water partition coefficient (Wildman–Crippen LogP) is 4.67. The summed E-state index contributed by atoms with van der Waals surface area (Å²) in [5, 5.41) is 3.22. The maximum absolute atomic E-state index is 13.0. The first-order chi connectivity index (χ1) is 14.8. The van der Waals surface area contributed by atoms with Crippen LogP contribution in [0.2, 0.25) is 0 Å². The molecule has 1 N–H and O–H groups in total. The zero-order valence-corrected chi connectivity index (χ0v) is 17.2. The highest BCUT2D eigenvalue weighted by Gasteiger charge is 2.28. The summed E-state index contributed by atoms with van der Waals surface area (Å²) in [5.74, 6) is 0.136. The van der Waals surface area contributed by atoms with Gasteiger partial charge in [0, 0.05) is 32.1 Å². The van der Waals surface area contributed by atoms with Crippen molar-refractivity contribution >= 4 is 34.4 Å². The average molecular weight is 405 g/mol. The van der Waals surface area contributed by atoms with Gasteiger partial charge < -0.3 is 19.5 Å². The molecule has 3 aromatic rings. The summed E-state index contributed by atoms with van der Waals surface area (Å²) in [6.07, 6.45) is 5.34. The van der Waals surface area contributed by atoms with Crippen LogP contribution in [0.5, 0.6) is 0 Å². The minimum atomic E-state index is 0.0139. The van der Waals surface area contributed by atoms with E-state index in [0.717, 1.165) is 61.5 Å². The average Bonchev–Trinajstić information content (AvgIpc) is 3.24. The zero-order valence-electron chi connectivity index (χ0n) is 17.2. The molecule has 6 nitrogen and oxygen atoms in total. The van der Waals surface area contributed by atoms with Gasteiger partial charge in [0.15, 0.2) is 5.58 Å². The van der Waals surface area contributed by atoms with Crippen molar-refractivity contribution in [1.82, 2.24) is 4.98 Å². The van der Waals surface area contributed by atoms with Gasteiger partial charge >= 0.3 is 0 Å². The topological polar surface area (TPSA) is 61.6 Å². The van der Waals surface area contributed by atoms with Gasteiger partial charge in [0.2, 0.25) is 5.91 Å². The van der Waals surface area contributed by atoms with Crippen LogP contribution in [0.4, 0.5) is 17.4 Å². The van der Waals surface area contributed by atoms with E-state index in [0.29, 0.717) is 6.01 Å². The molecule has 2 saturated heterocycles. The van der Waals surface area contributed by atoms with Gasteiger partial charge in [0.05, 0.1) is 11.4 Å². The number of fused-ring (bicyclic) bond motifs is 1. The van der Waals surface area contributed by atoms with Crippen molar-refractivity contribution in [2.45, 2.75) is 32.1 Å². The van der Waals surface area contributed by atoms with Crippen LogP contribution in [0, 0.1) is 5.92 Å². The van der Waals surface area contributed by atoms with Gasteiger partial charge in [0.1, 0.15) is 5.52 Å². The Labute approximate surface area is 176 Å². The number of piperidine rings is 2. The zero-order chi connectivity index (χ0) is 20.3. The molecule has 0 radical (unpaired) electrons. The molecule has 6 heteroatoms. The third-order valence-corrected chi connectivity index (χ3v) is 6.28. The molecule has 2 aliphatic rings. The second-order valence-corrected chi connectivity index (χ2v) is 8.28. The largest absolute Gasteiger partial charge is 0.423 e. The predicted molar refractivity (Wildman–Crippen MR) is 120 cm³/mol. The SMILES string of the molecule is O=C(Nc1ccccc1N1CCCCC1)C1CCN(c2nc3ccccc3o2)CC1. The normalized spacial score (nSPS) is 18.0. The molecule has 1 aromatic heterocycles. The van der Waals surface area contributed by atoms with Crippen molar-refractivity contribution in [3.8, 4) is 0 Å². The molecule has 2 aliphatic heterocycles. The summed E-state index contributed by atoms with van der Waals surface area (Å²) in [6, 6.07) is 16.7. The monoisotopic (exact) mass is 404 g/mol. The van der Waals surface area contributed by atoms with Gasteiger partial charge in [0.25, 0.3) is 6.01 Å². The third kappa shape index (κ3) is 3.86. The van der Waals surface area contributed by atoms with Crippen LogP contribution < -0.4 is 15.1 Å². The molecule has 5 rings (SSSR count). The van der Waals surface area contributed by atoms with Crippen LogP contribution in [0.3, 0.4) is 0 Å². The Hall–Kier alpha value is -3.02. The summed E-state index contributed by atoms with van der Waals surface area (Å²) in [5.41, 5.74) is 3.77. The lowest BCUT2D eigenvalue weighted by Crippen LogP contribution is -2.38. The Morgan fingerprint density at radius 2 is 1.63 bits per heavy atom. The van der Waals surface area contributed by atoms with Gasteiger partial charge in [-0.25, -0.2) is 0 Å². The second-order valence-electron chi connectivity index (χ2n) is 8.28. The molecular weight excluding hydrogens is 376 g/mol. The van der Waals surface area contributed by atoms with Crippen molar-refractivity contribution in [1.29, 1.82) is 0 Å². The number of aromatic nitrogens is 1. The van der Waals surface area contributed by atoms with Gasteiger partial charge in [-0.1, -0.05) is 24.3 Å². The molecule has 0 unspecified atom stereocenters. The molecule has 0 atom stereocenters. The van der Waals surface area contributed by atoms with Gasteiger partial charge in [-0.2, -0.15) is 4.98 Å². The van der Waals surface area contributed by atoms with E-state index in [2.05, 4.69) is 32.2 Å². The number of para-hydroxylation sites is 4. The lowest BCUT2D eigenvalue weighted by atomic mass is 9.96. The Bertz CT molecular complexity index is 984. The molecule has 1 amide bonds. The van der Waals surface area contributed by atoms with Crippen LogP contribution in [0.25, 0.3) is 11.1 Å². The van der Waals surface area contributed by atoms with Crippen LogP contribution in [0.15, 0.2) is 52.9 Å². The Balaban J connectivity index is 1.22. The number of carbonyl (C=O) groups is 1. The van der Waals surface area contributed by atoms with Crippen molar-refractivity contribution in [3.63, 3.8) is 0 Å². The van der Waals surface area contributed by atoms with E-state index in [1.165, 1.54) is 19.3 Å². The molecular formula is C24H28N4O2.